The SMILES string of the molecule is CCNC(=O)CN(CC)C1CC(N)c2ccccc21. The number of nitrogens with one attached hydrogen (secondary N) is 1. The standard InChI is InChI=1S/C15H23N3O/c1-3-17-15(19)10-18(4-2)14-9-13(16)11-7-5-6-8-12(11)14/h5-8,13-14H,3-4,9-10,16H2,1-2H3,(H,17,19). The Hall–Kier alpha value is -1.39. The molecule has 0 spiro atoms. The molecule has 2 atom stereocenters. The minimum atomic E-state index is 0.0855. The van der Waals surface area contributed by atoms with Gasteiger partial charge in [-0.15, -0.1) is 0 Å². The molecule has 19 heavy (non-hydrogen) atoms. The van der Waals surface area contributed by atoms with Crippen LogP contribution in [-0.2, 0) is 4.79 Å². The van der Waals surface area contributed by atoms with Crippen molar-refractivity contribution >= 4 is 5.91 Å². The van der Waals surface area contributed by atoms with Gasteiger partial charge in [0.2, 0.25) is 5.91 Å². The van der Waals surface area contributed by atoms with Crippen LogP contribution >= 0.6 is 0 Å². The van der Waals surface area contributed by atoms with Crippen LogP contribution in [0.5, 0.6) is 0 Å². The quantitative estimate of drug-likeness (QED) is 0.846. The minimum Gasteiger partial charge on any atom is -0.355 e. The number of hydrogen-bond acceptors (Lipinski definition) is 3. The zero-order valence-electron chi connectivity index (χ0n) is 11.7. The van der Waals surface area contributed by atoms with Crippen LogP contribution in [0.25, 0.3) is 0 Å². The first kappa shape index (κ1) is 14.0. The Morgan fingerprint density at radius 3 is 2.68 bits per heavy atom. The van der Waals surface area contributed by atoms with E-state index in [4.69, 9.17) is 5.73 Å². The first-order valence-corrected chi connectivity index (χ1v) is 7.02. The van der Waals surface area contributed by atoms with Gasteiger partial charge in [-0.2, -0.15) is 0 Å². The highest BCUT2D eigenvalue weighted by molar-refractivity contribution is 5.78. The number of nitrogens with zero attached hydrogens (tertiary/aromatic N) is 1. The molecule has 104 valence electrons. The number of nitrogens with two attached hydrogens (primary N) is 1. The van der Waals surface area contributed by atoms with Crippen molar-refractivity contribution in [3.05, 3.63) is 35.4 Å². The second-order valence-electron chi connectivity index (χ2n) is 5.00. The minimum absolute atomic E-state index is 0.0855. The van der Waals surface area contributed by atoms with Gasteiger partial charge in [0.25, 0.3) is 0 Å². The average molecular weight is 261 g/mol. The lowest BCUT2D eigenvalue weighted by atomic mass is 10.1. The number of carbonyl (C=O) groups is 1. The molecule has 2 unspecified atom stereocenters. The second-order valence-corrected chi connectivity index (χ2v) is 5.00. The summed E-state index contributed by atoms with van der Waals surface area (Å²) in [6, 6.07) is 8.65. The Bertz CT molecular complexity index is 447. The van der Waals surface area contributed by atoms with Crippen molar-refractivity contribution in [3.63, 3.8) is 0 Å². The topological polar surface area (TPSA) is 58.4 Å². The van der Waals surface area contributed by atoms with Gasteiger partial charge >= 0.3 is 0 Å². The van der Waals surface area contributed by atoms with Gasteiger partial charge in [-0.3, -0.25) is 9.69 Å². The summed E-state index contributed by atoms with van der Waals surface area (Å²) in [6.45, 7) is 6.00. The normalized spacial score (nSPS) is 21.5. The number of fused-ring (bicyclic) bond motifs is 1. The molecule has 2 rings (SSSR count). The highest BCUT2D eigenvalue weighted by atomic mass is 16.2. The second kappa shape index (κ2) is 6.17. The fraction of sp³-hybridized carbons (Fsp3) is 0.533. The van der Waals surface area contributed by atoms with E-state index in [1.165, 1.54) is 11.1 Å². The Morgan fingerprint density at radius 2 is 2.05 bits per heavy atom. The molecule has 1 aromatic carbocycles. The molecule has 1 aliphatic carbocycles. The molecule has 1 amide bonds. The Kier molecular flexibility index (Phi) is 4.56. The summed E-state index contributed by atoms with van der Waals surface area (Å²) >= 11 is 0. The van der Waals surface area contributed by atoms with Gasteiger partial charge in [0.05, 0.1) is 6.54 Å². The number of carbonyl (C=O) groups excluding carboxylic acids is 1. The van der Waals surface area contributed by atoms with E-state index < -0.39 is 0 Å². The summed E-state index contributed by atoms with van der Waals surface area (Å²) in [4.78, 5) is 14.0. The molecule has 1 aliphatic rings. The van der Waals surface area contributed by atoms with Crippen molar-refractivity contribution in [2.45, 2.75) is 32.4 Å². The third-order valence-corrected chi connectivity index (χ3v) is 3.80. The number of benzene rings is 1. The number of amides is 1. The van der Waals surface area contributed by atoms with E-state index in [0.717, 1.165) is 13.0 Å². The van der Waals surface area contributed by atoms with Crippen molar-refractivity contribution in [1.29, 1.82) is 0 Å². The zero-order valence-corrected chi connectivity index (χ0v) is 11.7. The highest BCUT2D eigenvalue weighted by Crippen LogP contribution is 2.40. The molecule has 0 aromatic heterocycles. The van der Waals surface area contributed by atoms with E-state index in [1.807, 2.05) is 19.1 Å². The molecule has 4 nitrogen and oxygen atoms in total. The lowest BCUT2D eigenvalue weighted by molar-refractivity contribution is -0.122. The summed E-state index contributed by atoms with van der Waals surface area (Å²) in [6.07, 6.45) is 0.895. The van der Waals surface area contributed by atoms with Crippen LogP contribution in [0.4, 0.5) is 0 Å². The molecule has 0 heterocycles. The van der Waals surface area contributed by atoms with Gasteiger partial charge in [0.15, 0.2) is 0 Å². The van der Waals surface area contributed by atoms with Gasteiger partial charge < -0.3 is 11.1 Å². The predicted molar refractivity (Wildman–Crippen MR) is 76.7 cm³/mol. The fourth-order valence-corrected chi connectivity index (χ4v) is 2.87. The Labute approximate surface area is 115 Å². The van der Waals surface area contributed by atoms with Crippen LogP contribution in [-0.4, -0.2) is 30.4 Å². The molecule has 0 saturated carbocycles. The van der Waals surface area contributed by atoms with Crippen LogP contribution < -0.4 is 11.1 Å². The van der Waals surface area contributed by atoms with Crippen molar-refractivity contribution < 1.29 is 4.79 Å². The van der Waals surface area contributed by atoms with E-state index in [1.54, 1.807) is 0 Å². The van der Waals surface area contributed by atoms with Crippen LogP contribution in [0, 0.1) is 0 Å². The van der Waals surface area contributed by atoms with Crippen molar-refractivity contribution in [3.8, 4) is 0 Å². The summed E-state index contributed by atoms with van der Waals surface area (Å²) in [7, 11) is 0. The smallest absolute Gasteiger partial charge is 0.234 e. The lowest BCUT2D eigenvalue weighted by Crippen LogP contribution is -2.38. The molecular weight excluding hydrogens is 238 g/mol. The average Bonchev–Trinajstić information content (AvgIpc) is 2.74. The third-order valence-electron chi connectivity index (χ3n) is 3.80. The maximum atomic E-state index is 11.8. The summed E-state index contributed by atoms with van der Waals surface area (Å²) in [5, 5.41) is 2.86. The maximum Gasteiger partial charge on any atom is 0.234 e. The summed E-state index contributed by atoms with van der Waals surface area (Å²) in [5.74, 6) is 0.0855. The van der Waals surface area contributed by atoms with Crippen LogP contribution in [0.15, 0.2) is 24.3 Å². The van der Waals surface area contributed by atoms with Gasteiger partial charge in [0, 0.05) is 18.6 Å². The van der Waals surface area contributed by atoms with E-state index in [-0.39, 0.29) is 18.0 Å². The van der Waals surface area contributed by atoms with Gasteiger partial charge in [-0.1, -0.05) is 31.2 Å². The number of likely N-dealkylation sites (N-methyl/N-ethyl adjacent to an activating group) is 2. The van der Waals surface area contributed by atoms with Gasteiger partial charge in [-0.05, 0) is 31.0 Å². The largest absolute Gasteiger partial charge is 0.355 e. The molecule has 0 aliphatic heterocycles. The van der Waals surface area contributed by atoms with Crippen molar-refractivity contribution in [1.82, 2.24) is 10.2 Å². The van der Waals surface area contributed by atoms with E-state index in [2.05, 4.69) is 29.3 Å². The molecule has 1 aromatic rings. The molecule has 3 N–H and O–H groups in total. The zero-order chi connectivity index (χ0) is 13.8. The van der Waals surface area contributed by atoms with Crippen molar-refractivity contribution in [2.75, 3.05) is 19.6 Å². The Morgan fingerprint density at radius 1 is 1.37 bits per heavy atom. The maximum absolute atomic E-state index is 11.8. The van der Waals surface area contributed by atoms with E-state index in [9.17, 15) is 4.79 Å². The third kappa shape index (κ3) is 2.96. The van der Waals surface area contributed by atoms with E-state index >= 15 is 0 Å². The first-order chi connectivity index (χ1) is 9.17. The monoisotopic (exact) mass is 261 g/mol. The molecular formula is C15H23N3O. The molecule has 0 fully saturated rings. The molecule has 4 heteroatoms. The van der Waals surface area contributed by atoms with Gasteiger partial charge in [-0.25, -0.2) is 0 Å². The van der Waals surface area contributed by atoms with E-state index in [0.29, 0.717) is 13.1 Å². The predicted octanol–water partition coefficient (Wildman–Crippen LogP) is 1.59. The molecule has 0 saturated heterocycles. The number of rotatable bonds is 5. The van der Waals surface area contributed by atoms with Crippen LogP contribution in [0.1, 0.15) is 43.5 Å². The summed E-state index contributed by atoms with van der Waals surface area (Å²) in [5.41, 5.74) is 8.69. The highest BCUT2D eigenvalue weighted by Gasteiger charge is 2.32. The van der Waals surface area contributed by atoms with Crippen molar-refractivity contribution in [2.24, 2.45) is 5.73 Å². The van der Waals surface area contributed by atoms with Gasteiger partial charge in [0.1, 0.15) is 0 Å². The number of hydrogen-bond donors (Lipinski definition) is 2. The summed E-state index contributed by atoms with van der Waals surface area (Å²) < 4.78 is 0. The molecule has 0 radical (unpaired) electrons. The van der Waals surface area contributed by atoms with Crippen LogP contribution in [0.3, 0.4) is 0 Å². The first-order valence-electron chi connectivity index (χ1n) is 7.02. The van der Waals surface area contributed by atoms with Crippen LogP contribution in [0.2, 0.25) is 0 Å². The fourth-order valence-electron chi connectivity index (χ4n) is 2.87. The lowest BCUT2D eigenvalue weighted by Gasteiger charge is -2.27. The Balaban J connectivity index is 2.14. The molecule has 0 bridgehead atoms.